The fourth-order valence-corrected chi connectivity index (χ4v) is 2.73. The Hall–Kier alpha value is -1.10. The highest BCUT2D eigenvalue weighted by molar-refractivity contribution is 5.45. The van der Waals surface area contributed by atoms with Gasteiger partial charge in [-0.2, -0.15) is 5.06 Å². The molecule has 18 heavy (non-hydrogen) atoms. The fraction of sp³-hybridized carbons (Fsp3) is 0.571. The van der Waals surface area contributed by atoms with Gasteiger partial charge >= 0.3 is 0 Å². The molecular formula is C14H22N2O2. The second-order valence-electron chi connectivity index (χ2n) is 4.83. The summed E-state index contributed by atoms with van der Waals surface area (Å²) in [7, 11) is 1.67. The van der Waals surface area contributed by atoms with Gasteiger partial charge in [-0.25, -0.2) is 0 Å². The Morgan fingerprint density at radius 2 is 2.28 bits per heavy atom. The molecule has 1 atom stereocenters. The van der Waals surface area contributed by atoms with Crippen LogP contribution in [0.4, 0.5) is 5.69 Å². The summed E-state index contributed by atoms with van der Waals surface area (Å²) in [5.41, 5.74) is 9.38. The van der Waals surface area contributed by atoms with Crippen LogP contribution in [0.5, 0.6) is 0 Å². The zero-order valence-corrected chi connectivity index (χ0v) is 10.9. The molecule has 0 spiro atoms. The molecule has 0 radical (unpaired) electrons. The lowest BCUT2D eigenvalue weighted by molar-refractivity contribution is -0.167. The lowest BCUT2D eigenvalue weighted by Crippen LogP contribution is -2.37. The number of aryl methyl sites for hydroxylation is 1. The van der Waals surface area contributed by atoms with Crippen LogP contribution in [0.1, 0.15) is 24.0 Å². The molecule has 1 aromatic carbocycles. The highest BCUT2D eigenvalue weighted by Gasteiger charge is 2.22. The van der Waals surface area contributed by atoms with Crippen LogP contribution >= 0.6 is 0 Å². The minimum Gasteiger partial charge on any atom is -0.399 e. The van der Waals surface area contributed by atoms with Gasteiger partial charge in [-0.05, 0) is 48.9 Å². The van der Waals surface area contributed by atoms with E-state index >= 15 is 0 Å². The summed E-state index contributed by atoms with van der Waals surface area (Å²) in [5, 5.41) is 11.0. The van der Waals surface area contributed by atoms with E-state index in [1.165, 1.54) is 11.1 Å². The Morgan fingerprint density at radius 1 is 1.44 bits per heavy atom. The average Bonchev–Trinajstić information content (AvgIpc) is 2.57. The van der Waals surface area contributed by atoms with Crippen molar-refractivity contribution in [2.45, 2.75) is 31.7 Å². The number of hydrogen-bond donors (Lipinski definition) is 2. The normalized spacial score (nSPS) is 19.6. The van der Waals surface area contributed by atoms with Crippen LogP contribution in [0.3, 0.4) is 0 Å². The Balaban J connectivity index is 2.15. The first-order valence-corrected chi connectivity index (χ1v) is 6.53. The van der Waals surface area contributed by atoms with Gasteiger partial charge in [0.25, 0.3) is 0 Å². The Kier molecular flexibility index (Phi) is 4.58. The van der Waals surface area contributed by atoms with Crippen molar-refractivity contribution in [3.8, 4) is 0 Å². The van der Waals surface area contributed by atoms with Gasteiger partial charge in [0, 0.05) is 18.3 Å². The van der Waals surface area contributed by atoms with Gasteiger partial charge in [-0.3, -0.25) is 0 Å². The number of aliphatic hydroxyl groups excluding tert-OH is 1. The monoisotopic (exact) mass is 250 g/mol. The van der Waals surface area contributed by atoms with Crippen LogP contribution in [0, 0.1) is 0 Å². The standard InChI is InChI=1S/C14H22N2O2/c1-18-16(7-8-17)14-4-2-3-11-9-13(15)6-5-12(11)10-14/h5-6,9,14,17H,2-4,7-8,10,15H2,1H3. The second-order valence-corrected chi connectivity index (χ2v) is 4.83. The Labute approximate surface area is 108 Å². The SMILES string of the molecule is CON(CCO)C1CCCc2cc(N)ccc2C1. The first kappa shape index (κ1) is 13.3. The molecule has 100 valence electrons. The third-order valence-corrected chi connectivity index (χ3v) is 3.63. The molecule has 4 nitrogen and oxygen atoms in total. The lowest BCUT2D eigenvalue weighted by atomic mass is 10.0. The molecule has 1 aliphatic carbocycles. The molecule has 0 fully saturated rings. The van der Waals surface area contributed by atoms with Crippen LogP contribution in [0.15, 0.2) is 18.2 Å². The van der Waals surface area contributed by atoms with Crippen LogP contribution in [-0.4, -0.2) is 36.5 Å². The summed E-state index contributed by atoms with van der Waals surface area (Å²) >= 11 is 0. The number of benzene rings is 1. The van der Waals surface area contributed by atoms with Crippen LogP contribution in [0.2, 0.25) is 0 Å². The van der Waals surface area contributed by atoms with Crippen LogP contribution < -0.4 is 5.73 Å². The smallest absolute Gasteiger partial charge is 0.0581 e. The van der Waals surface area contributed by atoms with Gasteiger partial charge in [-0.15, -0.1) is 0 Å². The van der Waals surface area contributed by atoms with Gasteiger partial charge in [0.05, 0.1) is 13.7 Å². The van der Waals surface area contributed by atoms with E-state index in [0.29, 0.717) is 12.6 Å². The predicted octanol–water partition coefficient (Wildman–Crippen LogP) is 1.37. The molecule has 1 aromatic rings. The lowest BCUT2D eigenvalue weighted by Gasteiger charge is -2.28. The van der Waals surface area contributed by atoms with E-state index in [4.69, 9.17) is 15.7 Å². The zero-order valence-electron chi connectivity index (χ0n) is 10.9. The van der Waals surface area contributed by atoms with Crippen molar-refractivity contribution in [2.75, 3.05) is 26.0 Å². The minimum atomic E-state index is 0.124. The zero-order chi connectivity index (χ0) is 13.0. The molecular weight excluding hydrogens is 228 g/mol. The van der Waals surface area contributed by atoms with E-state index in [2.05, 4.69) is 12.1 Å². The third kappa shape index (κ3) is 3.02. The molecule has 0 aliphatic heterocycles. The molecule has 2 rings (SSSR count). The first-order valence-electron chi connectivity index (χ1n) is 6.53. The number of anilines is 1. The summed E-state index contributed by atoms with van der Waals surface area (Å²) < 4.78 is 0. The van der Waals surface area contributed by atoms with Crippen LogP contribution in [-0.2, 0) is 17.7 Å². The van der Waals surface area contributed by atoms with E-state index in [-0.39, 0.29) is 6.61 Å². The molecule has 0 saturated carbocycles. The molecule has 4 heteroatoms. The minimum absolute atomic E-state index is 0.124. The van der Waals surface area contributed by atoms with E-state index < -0.39 is 0 Å². The van der Waals surface area contributed by atoms with Gasteiger partial charge in [0.1, 0.15) is 0 Å². The largest absolute Gasteiger partial charge is 0.399 e. The molecule has 0 aromatic heterocycles. The fourth-order valence-electron chi connectivity index (χ4n) is 2.73. The first-order chi connectivity index (χ1) is 8.74. The van der Waals surface area contributed by atoms with E-state index in [1.807, 2.05) is 11.1 Å². The number of fused-ring (bicyclic) bond motifs is 1. The maximum Gasteiger partial charge on any atom is 0.0581 e. The maximum atomic E-state index is 9.06. The predicted molar refractivity (Wildman–Crippen MR) is 72.1 cm³/mol. The summed E-state index contributed by atoms with van der Waals surface area (Å²) in [6.45, 7) is 0.685. The van der Waals surface area contributed by atoms with Crippen molar-refractivity contribution in [1.82, 2.24) is 5.06 Å². The summed E-state index contributed by atoms with van der Waals surface area (Å²) in [6.07, 6.45) is 4.26. The topological polar surface area (TPSA) is 58.7 Å². The van der Waals surface area contributed by atoms with E-state index in [0.717, 1.165) is 31.4 Å². The van der Waals surface area contributed by atoms with Crippen LogP contribution in [0.25, 0.3) is 0 Å². The van der Waals surface area contributed by atoms with Gasteiger partial charge in [0.15, 0.2) is 0 Å². The van der Waals surface area contributed by atoms with E-state index in [1.54, 1.807) is 7.11 Å². The number of hydroxylamine groups is 2. The van der Waals surface area contributed by atoms with Crippen molar-refractivity contribution in [3.63, 3.8) is 0 Å². The second kappa shape index (κ2) is 6.18. The number of nitrogens with zero attached hydrogens (tertiary/aromatic N) is 1. The average molecular weight is 250 g/mol. The Morgan fingerprint density at radius 3 is 3.00 bits per heavy atom. The molecule has 0 saturated heterocycles. The highest BCUT2D eigenvalue weighted by atomic mass is 16.7. The molecule has 0 heterocycles. The van der Waals surface area contributed by atoms with Gasteiger partial charge in [-0.1, -0.05) is 6.07 Å². The molecule has 1 unspecified atom stereocenters. The third-order valence-electron chi connectivity index (χ3n) is 3.63. The molecule has 3 N–H and O–H groups in total. The van der Waals surface area contributed by atoms with Crippen molar-refractivity contribution < 1.29 is 9.94 Å². The number of nitrogen functional groups attached to an aromatic ring is 1. The van der Waals surface area contributed by atoms with Gasteiger partial charge < -0.3 is 15.7 Å². The maximum absolute atomic E-state index is 9.06. The number of nitrogens with two attached hydrogens (primary N) is 1. The number of rotatable bonds is 4. The highest BCUT2D eigenvalue weighted by Crippen LogP contribution is 2.25. The van der Waals surface area contributed by atoms with Gasteiger partial charge in [0.2, 0.25) is 0 Å². The molecule has 1 aliphatic rings. The summed E-state index contributed by atoms with van der Waals surface area (Å²) in [5.74, 6) is 0. The Bertz CT molecular complexity index is 395. The van der Waals surface area contributed by atoms with Crippen molar-refractivity contribution in [3.05, 3.63) is 29.3 Å². The number of aliphatic hydroxyl groups is 1. The quantitative estimate of drug-likeness (QED) is 0.481. The van der Waals surface area contributed by atoms with Crippen molar-refractivity contribution >= 4 is 5.69 Å². The molecule has 0 bridgehead atoms. The van der Waals surface area contributed by atoms with Crippen molar-refractivity contribution in [1.29, 1.82) is 0 Å². The summed E-state index contributed by atoms with van der Waals surface area (Å²) in [4.78, 5) is 5.37. The molecule has 0 amide bonds. The van der Waals surface area contributed by atoms with Crippen molar-refractivity contribution in [2.24, 2.45) is 0 Å². The summed E-state index contributed by atoms with van der Waals surface area (Å²) in [6, 6.07) is 6.51. The van der Waals surface area contributed by atoms with E-state index in [9.17, 15) is 0 Å². The number of hydrogen-bond acceptors (Lipinski definition) is 4.